The fraction of sp³-hybridized carbons (Fsp3) is 0.556. The Bertz CT molecular complexity index is 226. The molecule has 0 atom stereocenters. The van der Waals surface area contributed by atoms with Crippen LogP contribution in [0.4, 0.5) is 0 Å². The molecule has 0 radical (unpaired) electrons. The molecule has 0 aromatic carbocycles. The minimum absolute atomic E-state index is 0.0409. The van der Waals surface area contributed by atoms with Crippen LogP contribution in [-0.4, -0.2) is 50.9 Å². The van der Waals surface area contributed by atoms with Crippen molar-refractivity contribution in [1.29, 1.82) is 0 Å². The molecular weight excluding hydrogens is 182 g/mol. The van der Waals surface area contributed by atoms with Crippen molar-refractivity contribution in [1.82, 2.24) is 15.5 Å². The van der Waals surface area contributed by atoms with Crippen LogP contribution in [0.15, 0.2) is 12.2 Å². The first kappa shape index (κ1) is 12.6. The topological polar surface area (TPSA) is 61.4 Å². The van der Waals surface area contributed by atoms with Crippen LogP contribution < -0.4 is 10.6 Å². The molecule has 0 unspecified atom stereocenters. The van der Waals surface area contributed by atoms with Gasteiger partial charge in [-0.1, -0.05) is 6.08 Å². The number of carbonyl (C=O) groups excluding carboxylic acids is 2. The van der Waals surface area contributed by atoms with E-state index < -0.39 is 0 Å². The number of carbonyl (C=O) groups is 2. The SMILES string of the molecule is CNC(=O)/C=C/CN(C)CC(=O)NC. The van der Waals surface area contributed by atoms with Crippen molar-refractivity contribution in [3.8, 4) is 0 Å². The van der Waals surface area contributed by atoms with Crippen molar-refractivity contribution < 1.29 is 9.59 Å². The summed E-state index contributed by atoms with van der Waals surface area (Å²) in [5.41, 5.74) is 0. The Hall–Kier alpha value is -1.36. The normalized spacial score (nSPS) is 10.6. The molecule has 0 spiro atoms. The van der Waals surface area contributed by atoms with Gasteiger partial charge in [0.2, 0.25) is 11.8 Å². The molecule has 0 fully saturated rings. The zero-order valence-corrected chi connectivity index (χ0v) is 8.83. The summed E-state index contributed by atoms with van der Waals surface area (Å²) in [5, 5.41) is 4.99. The van der Waals surface area contributed by atoms with Gasteiger partial charge in [-0.15, -0.1) is 0 Å². The largest absolute Gasteiger partial charge is 0.358 e. The van der Waals surface area contributed by atoms with Gasteiger partial charge in [0, 0.05) is 26.7 Å². The summed E-state index contributed by atoms with van der Waals surface area (Å²) in [5.74, 6) is -0.181. The summed E-state index contributed by atoms with van der Waals surface area (Å²) in [6.45, 7) is 0.898. The van der Waals surface area contributed by atoms with E-state index in [1.54, 1.807) is 25.1 Å². The van der Waals surface area contributed by atoms with Crippen molar-refractivity contribution in [2.24, 2.45) is 0 Å². The van der Waals surface area contributed by atoms with Crippen LogP contribution in [0.3, 0.4) is 0 Å². The molecule has 14 heavy (non-hydrogen) atoms. The monoisotopic (exact) mass is 199 g/mol. The minimum atomic E-state index is -0.140. The maximum absolute atomic E-state index is 10.9. The van der Waals surface area contributed by atoms with Crippen molar-refractivity contribution in [2.45, 2.75) is 0 Å². The molecule has 5 heteroatoms. The van der Waals surface area contributed by atoms with E-state index in [4.69, 9.17) is 0 Å². The molecule has 0 heterocycles. The van der Waals surface area contributed by atoms with E-state index in [-0.39, 0.29) is 11.8 Å². The van der Waals surface area contributed by atoms with E-state index in [0.717, 1.165) is 0 Å². The molecule has 0 aliphatic carbocycles. The Morgan fingerprint density at radius 1 is 1.29 bits per heavy atom. The van der Waals surface area contributed by atoms with Gasteiger partial charge in [-0.05, 0) is 7.05 Å². The predicted octanol–water partition coefficient (Wildman–Crippen LogP) is -1.03. The van der Waals surface area contributed by atoms with Gasteiger partial charge >= 0.3 is 0 Å². The fourth-order valence-corrected chi connectivity index (χ4v) is 0.812. The Balaban J connectivity index is 3.73. The van der Waals surface area contributed by atoms with Crippen molar-refractivity contribution in [2.75, 3.05) is 34.2 Å². The third kappa shape index (κ3) is 6.19. The molecule has 2 N–H and O–H groups in total. The lowest BCUT2D eigenvalue weighted by Gasteiger charge is -2.12. The number of hydrogen-bond acceptors (Lipinski definition) is 3. The van der Waals surface area contributed by atoms with Crippen molar-refractivity contribution in [3.05, 3.63) is 12.2 Å². The van der Waals surface area contributed by atoms with Crippen LogP contribution in [0.25, 0.3) is 0 Å². The number of nitrogens with zero attached hydrogens (tertiary/aromatic N) is 1. The summed E-state index contributed by atoms with van der Waals surface area (Å²) in [6, 6.07) is 0. The number of rotatable bonds is 5. The summed E-state index contributed by atoms with van der Waals surface area (Å²) >= 11 is 0. The van der Waals surface area contributed by atoms with Crippen LogP contribution in [0.5, 0.6) is 0 Å². The average molecular weight is 199 g/mol. The van der Waals surface area contributed by atoms with Gasteiger partial charge in [-0.3, -0.25) is 14.5 Å². The molecule has 0 aromatic rings. The Labute approximate surface area is 84.2 Å². The van der Waals surface area contributed by atoms with E-state index >= 15 is 0 Å². The van der Waals surface area contributed by atoms with E-state index in [1.165, 1.54) is 6.08 Å². The van der Waals surface area contributed by atoms with Gasteiger partial charge in [0.15, 0.2) is 0 Å². The zero-order chi connectivity index (χ0) is 11.0. The molecule has 0 saturated carbocycles. The van der Waals surface area contributed by atoms with Gasteiger partial charge in [-0.2, -0.15) is 0 Å². The molecular formula is C9H17N3O2. The lowest BCUT2D eigenvalue weighted by atomic mass is 10.4. The first-order valence-corrected chi connectivity index (χ1v) is 4.37. The molecule has 0 saturated heterocycles. The molecule has 0 aliphatic rings. The van der Waals surface area contributed by atoms with Gasteiger partial charge in [0.05, 0.1) is 6.54 Å². The first-order chi connectivity index (χ1) is 6.60. The van der Waals surface area contributed by atoms with Crippen LogP contribution >= 0.6 is 0 Å². The quantitative estimate of drug-likeness (QED) is 0.556. The second kappa shape index (κ2) is 7.08. The molecule has 5 nitrogen and oxygen atoms in total. The van der Waals surface area contributed by atoms with Crippen LogP contribution in [0, 0.1) is 0 Å². The van der Waals surface area contributed by atoms with E-state index in [1.807, 2.05) is 7.05 Å². The number of likely N-dealkylation sites (N-methyl/N-ethyl adjacent to an activating group) is 3. The minimum Gasteiger partial charge on any atom is -0.358 e. The molecule has 0 aromatic heterocycles. The first-order valence-electron chi connectivity index (χ1n) is 4.37. The van der Waals surface area contributed by atoms with E-state index in [9.17, 15) is 9.59 Å². The number of nitrogens with one attached hydrogen (secondary N) is 2. The van der Waals surface area contributed by atoms with Gasteiger partial charge in [-0.25, -0.2) is 0 Å². The second-order valence-electron chi connectivity index (χ2n) is 2.89. The highest BCUT2D eigenvalue weighted by Crippen LogP contribution is 1.83. The molecule has 0 bridgehead atoms. The fourth-order valence-electron chi connectivity index (χ4n) is 0.812. The highest BCUT2D eigenvalue weighted by Gasteiger charge is 2.01. The highest BCUT2D eigenvalue weighted by atomic mass is 16.2. The average Bonchev–Trinajstić information content (AvgIpc) is 2.17. The maximum Gasteiger partial charge on any atom is 0.243 e. The third-order valence-corrected chi connectivity index (χ3v) is 1.63. The van der Waals surface area contributed by atoms with E-state index in [0.29, 0.717) is 13.1 Å². The third-order valence-electron chi connectivity index (χ3n) is 1.63. The van der Waals surface area contributed by atoms with E-state index in [2.05, 4.69) is 10.6 Å². The highest BCUT2D eigenvalue weighted by molar-refractivity contribution is 5.87. The molecule has 0 rings (SSSR count). The Morgan fingerprint density at radius 2 is 1.93 bits per heavy atom. The Morgan fingerprint density at radius 3 is 2.43 bits per heavy atom. The predicted molar refractivity (Wildman–Crippen MR) is 54.8 cm³/mol. The summed E-state index contributed by atoms with van der Waals surface area (Å²) < 4.78 is 0. The lowest BCUT2D eigenvalue weighted by Crippen LogP contribution is -2.33. The number of amides is 2. The maximum atomic E-state index is 10.9. The standard InChI is InChI=1S/C9H17N3O2/c1-10-8(13)5-4-6-12(3)7-9(14)11-2/h4-5H,6-7H2,1-3H3,(H,10,13)(H,11,14)/b5-4+. The zero-order valence-electron chi connectivity index (χ0n) is 8.83. The second-order valence-corrected chi connectivity index (χ2v) is 2.89. The van der Waals surface area contributed by atoms with Crippen molar-refractivity contribution in [3.63, 3.8) is 0 Å². The van der Waals surface area contributed by atoms with Crippen molar-refractivity contribution >= 4 is 11.8 Å². The molecule has 2 amide bonds. The summed E-state index contributed by atoms with van der Waals surface area (Å²) in [4.78, 5) is 23.5. The van der Waals surface area contributed by atoms with Gasteiger partial charge < -0.3 is 10.6 Å². The lowest BCUT2D eigenvalue weighted by molar-refractivity contribution is -0.121. The molecule has 0 aliphatic heterocycles. The smallest absolute Gasteiger partial charge is 0.243 e. The Kier molecular flexibility index (Phi) is 6.39. The van der Waals surface area contributed by atoms with Gasteiger partial charge in [0.25, 0.3) is 0 Å². The van der Waals surface area contributed by atoms with Crippen LogP contribution in [0.2, 0.25) is 0 Å². The number of hydrogen-bond donors (Lipinski definition) is 2. The van der Waals surface area contributed by atoms with Gasteiger partial charge in [0.1, 0.15) is 0 Å². The van der Waals surface area contributed by atoms with Crippen LogP contribution in [0.1, 0.15) is 0 Å². The summed E-state index contributed by atoms with van der Waals surface area (Å²) in [7, 11) is 4.97. The summed E-state index contributed by atoms with van der Waals surface area (Å²) in [6.07, 6.45) is 3.15. The van der Waals surface area contributed by atoms with Crippen LogP contribution in [-0.2, 0) is 9.59 Å². The molecule has 80 valence electrons.